The van der Waals surface area contributed by atoms with Crippen LogP contribution in [0.2, 0.25) is 5.15 Å². The average Bonchev–Trinajstić information content (AvgIpc) is 2.25. The van der Waals surface area contributed by atoms with Crippen molar-refractivity contribution in [3.63, 3.8) is 0 Å². The van der Waals surface area contributed by atoms with E-state index < -0.39 is 17.5 Å². The largest absolute Gasteiger partial charge is 0.433 e. The van der Waals surface area contributed by atoms with Gasteiger partial charge in [-0.15, -0.1) is 0 Å². The van der Waals surface area contributed by atoms with Crippen molar-refractivity contribution in [1.29, 1.82) is 0 Å². The molecular formula is C14H17ClF3NO. The fourth-order valence-corrected chi connectivity index (χ4v) is 3.58. The second-order valence-electron chi connectivity index (χ2n) is 5.92. The van der Waals surface area contributed by atoms with E-state index in [4.69, 9.17) is 11.6 Å². The van der Waals surface area contributed by atoms with Crippen molar-refractivity contribution in [2.24, 2.45) is 11.8 Å². The van der Waals surface area contributed by atoms with Gasteiger partial charge in [-0.3, -0.25) is 0 Å². The first-order valence-corrected chi connectivity index (χ1v) is 6.96. The molecule has 0 bridgehead atoms. The molecule has 0 amide bonds. The van der Waals surface area contributed by atoms with Crippen molar-refractivity contribution in [3.05, 3.63) is 28.5 Å². The Balaban J connectivity index is 2.37. The van der Waals surface area contributed by atoms with Crippen LogP contribution < -0.4 is 0 Å². The zero-order valence-electron chi connectivity index (χ0n) is 11.3. The third kappa shape index (κ3) is 3.09. The fraction of sp³-hybridized carbons (Fsp3) is 0.643. The Kier molecular flexibility index (Phi) is 4.04. The van der Waals surface area contributed by atoms with Crippen molar-refractivity contribution < 1.29 is 18.3 Å². The SMILES string of the molecule is CC1CC(C)CC(O)(c2ccc(C(F)(F)F)nc2Cl)C1. The third-order valence-corrected chi connectivity index (χ3v) is 4.11. The molecule has 2 nitrogen and oxygen atoms in total. The third-order valence-electron chi connectivity index (χ3n) is 3.82. The van der Waals surface area contributed by atoms with Gasteiger partial charge in [0.15, 0.2) is 0 Å². The highest BCUT2D eigenvalue weighted by Crippen LogP contribution is 2.44. The number of aliphatic hydroxyl groups is 1. The Morgan fingerprint density at radius 3 is 2.25 bits per heavy atom. The highest BCUT2D eigenvalue weighted by Gasteiger charge is 2.40. The molecule has 1 fully saturated rings. The van der Waals surface area contributed by atoms with E-state index >= 15 is 0 Å². The maximum atomic E-state index is 12.6. The minimum Gasteiger partial charge on any atom is -0.385 e. The van der Waals surface area contributed by atoms with Gasteiger partial charge >= 0.3 is 6.18 Å². The summed E-state index contributed by atoms with van der Waals surface area (Å²) in [7, 11) is 0. The van der Waals surface area contributed by atoms with Crippen LogP contribution in [0, 0.1) is 11.8 Å². The molecule has 2 atom stereocenters. The number of hydrogen-bond acceptors (Lipinski definition) is 2. The van der Waals surface area contributed by atoms with Crippen LogP contribution in [0.1, 0.15) is 44.4 Å². The summed E-state index contributed by atoms with van der Waals surface area (Å²) in [5, 5.41) is 10.5. The smallest absolute Gasteiger partial charge is 0.385 e. The fourth-order valence-electron chi connectivity index (χ4n) is 3.25. The maximum Gasteiger partial charge on any atom is 0.433 e. The molecule has 0 radical (unpaired) electrons. The Morgan fingerprint density at radius 2 is 1.80 bits per heavy atom. The lowest BCUT2D eigenvalue weighted by molar-refractivity contribution is -0.141. The zero-order chi connectivity index (χ0) is 15.1. The van der Waals surface area contributed by atoms with Crippen molar-refractivity contribution in [1.82, 2.24) is 4.98 Å². The Bertz CT molecular complexity index is 494. The molecule has 1 aliphatic carbocycles. The second kappa shape index (κ2) is 5.19. The molecule has 1 aromatic heterocycles. The predicted molar refractivity (Wildman–Crippen MR) is 70.3 cm³/mol. The van der Waals surface area contributed by atoms with Crippen LogP contribution in [0.15, 0.2) is 12.1 Å². The number of alkyl halides is 3. The predicted octanol–water partition coefficient (Wildman–Crippen LogP) is 4.40. The van der Waals surface area contributed by atoms with E-state index in [1.54, 1.807) is 0 Å². The molecule has 1 saturated carbocycles. The average molecular weight is 308 g/mol. The molecule has 1 N–H and O–H groups in total. The standard InChI is InChI=1S/C14H17ClF3NO/c1-8-5-9(2)7-13(20,6-8)10-3-4-11(14(16,17)18)19-12(10)15/h3-4,8-9,20H,5-7H2,1-2H3. The second-order valence-corrected chi connectivity index (χ2v) is 6.28. The van der Waals surface area contributed by atoms with Gasteiger partial charge in [0.25, 0.3) is 0 Å². The van der Waals surface area contributed by atoms with Gasteiger partial charge in [0, 0.05) is 5.56 Å². The van der Waals surface area contributed by atoms with Crippen LogP contribution >= 0.6 is 11.6 Å². The van der Waals surface area contributed by atoms with Crippen molar-refractivity contribution in [2.45, 2.75) is 44.9 Å². The highest BCUT2D eigenvalue weighted by atomic mass is 35.5. The number of hydrogen-bond donors (Lipinski definition) is 1. The van der Waals surface area contributed by atoms with Gasteiger partial charge in [-0.05, 0) is 37.2 Å². The van der Waals surface area contributed by atoms with Crippen molar-refractivity contribution in [3.8, 4) is 0 Å². The number of rotatable bonds is 1. The molecule has 2 unspecified atom stereocenters. The lowest BCUT2D eigenvalue weighted by atomic mass is 9.71. The topological polar surface area (TPSA) is 33.1 Å². The summed E-state index contributed by atoms with van der Waals surface area (Å²) in [5.41, 5.74) is -1.93. The monoisotopic (exact) mass is 307 g/mol. The molecule has 20 heavy (non-hydrogen) atoms. The van der Waals surface area contributed by atoms with E-state index in [2.05, 4.69) is 4.98 Å². The van der Waals surface area contributed by atoms with Crippen LogP contribution in [-0.2, 0) is 11.8 Å². The number of pyridine rings is 1. The van der Waals surface area contributed by atoms with Gasteiger partial charge in [0.05, 0.1) is 5.60 Å². The van der Waals surface area contributed by atoms with Crippen molar-refractivity contribution >= 4 is 11.6 Å². The normalized spacial score (nSPS) is 31.4. The number of aromatic nitrogens is 1. The maximum absolute atomic E-state index is 12.6. The molecule has 112 valence electrons. The summed E-state index contributed by atoms with van der Waals surface area (Å²) in [6.45, 7) is 4.04. The van der Waals surface area contributed by atoms with Gasteiger partial charge < -0.3 is 5.11 Å². The lowest BCUT2D eigenvalue weighted by Crippen LogP contribution is -2.36. The molecule has 0 saturated heterocycles. The minimum absolute atomic E-state index is 0.261. The Hall–Kier alpha value is -0.810. The summed E-state index contributed by atoms with van der Waals surface area (Å²) in [5.74, 6) is 0.587. The zero-order valence-corrected chi connectivity index (χ0v) is 12.1. The molecule has 2 rings (SSSR count). The van der Waals surface area contributed by atoms with Crippen LogP contribution in [0.5, 0.6) is 0 Å². The highest BCUT2D eigenvalue weighted by molar-refractivity contribution is 6.30. The first kappa shape index (κ1) is 15.6. The summed E-state index contributed by atoms with van der Waals surface area (Å²) in [6.07, 6.45) is -2.56. The summed E-state index contributed by atoms with van der Waals surface area (Å²) >= 11 is 5.88. The molecule has 1 aliphatic rings. The molecule has 1 aromatic rings. The van der Waals surface area contributed by atoms with Crippen LogP contribution in [0.3, 0.4) is 0 Å². The van der Waals surface area contributed by atoms with Crippen molar-refractivity contribution in [2.75, 3.05) is 0 Å². The van der Waals surface area contributed by atoms with Gasteiger partial charge in [-0.1, -0.05) is 31.5 Å². The van der Waals surface area contributed by atoms with E-state index in [9.17, 15) is 18.3 Å². The molecule has 6 heteroatoms. The van der Waals surface area contributed by atoms with E-state index in [1.807, 2.05) is 13.8 Å². The molecular weight excluding hydrogens is 291 g/mol. The van der Waals surface area contributed by atoms with Crippen LogP contribution in [0.4, 0.5) is 13.2 Å². The van der Waals surface area contributed by atoms with Gasteiger partial charge in [0.2, 0.25) is 0 Å². The van der Waals surface area contributed by atoms with Crippen LogP contribution in [0.25, 0.3) is 0 Å². The summed E-state index contributed by atoms with van der Waals surface area (Å²) in [4.78, 5) is 3.40. The summed E-state index contributed by atoms with van der Waals surface area (Å²) in [6, 6.07) is 2.13. The molecule has 0 aliphatic heterocycles. The molecule has 0 spiro atoms. The molecule has 1 heterocycles. The van der Waals surface area contributed by atoms with Crippen LogP contribution in [-0.4, -0.2) is 10.1 Å². The first-order valence-electron chi connectivity index (χ1n) is 6.58. The van der Waals surface area contributed by atoms with Gasteiger partial charge in [-0.25, -0.2) is 4.98 Å². The van der Waals surface area contributed by atoms with E-state index in [1.165, 1.54) is 6.07 Å². The van der Waals surface area contributed by atoms with E-state index in [0.29, 0.717) is 30.2 Å². The summed E-state index contributed by atoms with van der Waals surface area (Å²) < 4.78 is 37.7. The number of nitrogens with zero attached hydrogens (tertiary/aromatic N) is 1. The Morgan fingerprint density at radius 1 is 1.25 bits per heavy atom. The quantitative estimate of drug-likeness (QED) is 0.780. The van der Waals surface area contributed by atoms with E-state index in [-0.39, 0.29) is 5.15 Å². The minimum atomic E-state index is -4.53. The molecule has 0 aromatic carbocycles. The first-order chi connectivity index (χ1) is 9.12. The number of halogens is 4. The lowest BCUT2D eigenvalue weighted by Gasteiger charge is -2.39. The van der Waals surface area contributed by atoms with Gasteiger partial charge in [0.1, 0.15) is 10.8 Å². The van der Waals surface area contributed by atoms with E-state index in [0.717, 1.165) is 12.5 Å². The van der Waals surface area contributed by atoms with Gasteiger partial charge in [-0.2, -0.15) is 13.2 Å². The Labute approximate surface area is 121 Å².